The lowest BCUT2D eigenvalue weighted by atomic mass is 10.1. The Hall–Kier alpha value is -2.51. The van der Waals surface area contributed by atoms with E-state index in [1.807, 2.05) is 73.7 Å². The van der Waals surface area contributed by atoms with Crippen molar-refractivity contribution in [2.24, 2.45) is 0 Å². The van der Waals surface area contributed by atoms with Gasteiger partial charge in [0.1, 0.15) is 0 Å². The third-order valence-electron chi connectivity index (χ3n) is 3.84. The Bertz CT molecular complexity index is 860. The fourth-order valence-corrected chi connectivity index (χ4v) is 2.73. The van der Waals surface area contributed by atoms with E-state index in [-0.39, 0.29) is 5.91 Å². The molecule has 3 nitrogen and oxygen atoms in total. The summed E-state index contributed by atoms with van der Waals surface area (Å²) in [5.41, 5.74) is 5.43. The van der Waals surface area contributed by atoms with Crippen molar-refractivity contribution in [2.75, 3.05) is 5.32 Å². The highest BCUT2D eigenvalue weighted by molar-refractivity contribution is 7.15. The molecule has 4 heteroatoms. The molecular weight excluding hydrogens is 315 g/mol. The maximum atomic E-state index is 12.3. The Morgan fingerprint density at radius 2 is 1.75 bits per heavy atom. The van der Waals surface area contributed by atoms with Gasteiger partial charge in [-0.3, -0.25) is 9.78 Å². The number of hydrogen-bond acceptors (Lipinski definition) is 2. The Balaban J connectivity index is 1.77. The molecule has 0 aliphatic carbocycles. The highest BCUT2D eigenvalue weighted by Gasteiger charge is 2.08. The van der Waals surface area contributed by atoms with Crippen LogP contribution in [0.2, 0.25) is 0 Å². The lowest BCUT2D eigenvalue weighted by Crippen LogP contribution is -2.13. The standard InChI is InChI=1S/C20H19N2OP/c1-14-5-2-3-7-18(14)20(23)22-16-11-9-15(10-12-16)19-8-4-6-17(13-24)21-19/h2-12H,13,24H2,1H3,(H,22,23). The van der Waals surface area contributed by atoms with Crippen LogP contribution < -0.4 is 5.32 Å². The molecule has 120 valence electrons. The first kappa shape index (κ1) is 16.4. The Morgan fingerprint density at radius 3 is 2.46 bits per heavy atom. The Kier molecular flexibility index (Phi) is 5.02. The van der Waals surface area contributed by atoms with Crippen LogP contribution in [0.5, 0.6) is 0 Å². The number of nitrogens with one attached hydrogen (secondary N) is 1. The number of rotatable bonds is 4. The number of aromatic nitrogens is 1. The Morgan fingerprint density at radius 1 is 1.00 bits per heavy atom. The fourth-order valence-electron chi connectivity index (χ4n) is 2.50. The van der Waals surface area contributed by atoms with Gasteiger partial charge in [-0.05, 0) is 42.8 Å². The highest BCUT2D eigenvalue weighted by Crippen LogP contribution is 2.21. The molecule has 1 unspecified atom stereocenters. The molecule has 1 atom stereocenters. The molecule has 1 heterocycles. The average Bonchev–Trinajstić information content (AvgIpc) is 2.62. The lowest BCUT2D eigenvalue weighted by molar-refractivity contribution is 0.102. The normalized spacial score (nSPS) is 10.4. The van der Waals surface area contributed by atoms with Crippen molar-refractivity contribution in [3.63, 3.8) is 0 Å². The molecule has 0 saturated carbocycles. The van der Waals surface area contributed by atoms with Gasteiger partial charge >= 0.3 is 0 Å². The molecule has 0 saturated heterocycles. The monoisotopic (exact) mass is 334 g/mol. The zero-order valence-electron chi connectivity index (χ0n) is 13.5. The highest BCUT2D eigenvalue weighted by atomic mass is 31.0. The van der Waals surface area contributed by atoms with E-state index in [0.717, 1.165) is 34.4 Å². The number of benzene rings is 2. The zero-order chi connectivity index (χ0) is 16.9. The van der Waals surface area contributed by atoms with Crippen molar-refractivity contribution in [3.05, 3.63) is 83.6 Å². The average molecular weight is 334 g/mol. The van der Waals surface area contributed by atoms with Crippen molar-refractivity contribution in [1.29, 1.82) is 0 Å². The molecule has 0 spiro atoms. The van der Waals surface area contributed by atoms with Gasteiger partial charge in [0, 0.05) is 28.7 Å². The summed E-state index contributed by atoms with van der Waals surface area (Å²) in [5, 5.41) is 2.94. The van der Waals surface area contributed by atoms with Gasteiger partial charge in [0.25, 0.3) is 5.91 Å². The number of amides is 1. The second kappa shape index (κ2) is 7.37. The van der Waals surface area contributed by atoms with Crippen LogP contribution in [-0.2, 0) is 6.16 Å². The maximum Gasteiger partial charge on any atom is 0.255 e. The molecule has 1 aromatic heterocycles. The molecule has 0 aliphatic heterocycles. The van der Waals surface area contributed by atoms with Crippen molar-refractivity contribution in [2.45, 2.75) is 13.1 Å². The van der Waals surface area contributed by atoms with Crippen LogP contribution in [0, 0.1) is 6.92 Å². The lowest BCUT2D eigenvalue weighted by Gasteiger charge is -2.09. The van der Waals surface area contributed by atoms with Crippen LogP contribution in [0.25, 0.3) is 11.3 Å². The maximum absolute atomic E-state index is 12.3. The van der Waals surface area contributed by atoms with Gasteiger partial charge in [0.15, 0.2) is 0 Å². The number of hydrogen-bond donors (Lipinski definition) is 1. The summed E-state index contributed by atoms with van der Waals surface area (Å²) in [4.78, 5) is 17.0. The number of aryl methyl sites for hydroxylation is 1. The van der Waals surface area contributed by atoms with E-state index in [1.165, 1.54) is 0 Å². The molecule has 3 aromatic rings. The molecule has 1 N–H and O–H groups in total. The predicted molar refractivity (Wildman–Crippen MR) is 102 cm³/mol. The molecule has 0 bridgehead atoms. The summed E-state index contributed by atoms with van der Waals surface area (Å²) < 4.78 is 0. The molecule has 24 heavy (non-hydrogen) atoms. The van der Waals surface area contributed by atoms with Crippen molar-refractivity contribution in [3.8, 4) is 11.3 Å². The molecule has 2 aromatic carbocycles. The number of pyridine rings is 1. The molecule has 3 rings (SSSR count). The molecule has 0 aliphatic rings. The first-order valence-corrected chi connectivity index (χ1v) is 8.62. The quantitative estimate of drug-likeness (QED) is 0.704. The van der Waals surface area contributed by atoms with Gasteiger partial charge in [-0.1, -0.05) is 36.4 Å². The summed E-state index contributed by atoms with van der Waals surface area (Å²) in [6.45, 7) is 1.93. The van der Waals surface area contributed by atoms with E-state index in [9.17, 15) is 4.79 Å². The molecular formula is C20H19N2OP. The summed E-state index contributed by atoms with van der Waals surface area (Å²) in [5.74, 6) is -0.0935. The minimum Gasteiger partial charge on any atom is -0.322 e. The van der Waals surface area contributed by atoms with Crippen LogP contribution in [0.4, 0.5) is 5.69 Å². The predicted octanol–water partition coefficient (Wildman–Crippen LogP) is 4.68. The van der Waals surface area contributed by atoms with Gasteiger partial charge < -0.3 is 5.32 Å². The topological polar surface area (TPSA) is 42.0 Å². The fraction of sp³-hybridized carbons (Fsp3) is 0.100. The summed E-state index contributed by atoms with van der Waals surface area (Å²) in [6.07, 6.45) is 0.832. The van der Waals surface area contributed by atoms with Gasteiger partial charge in [0.05, 0.1) is 5.69 Å². The SMILES string of the molecule is Cc1ccccc1C(=O)Nc1ccc(-c2cccc(CP)n2)cc1. The number of carbonyl (C=O) groups excluding carboxylic acids is 1. The van der Waals surface area contributed by atoms with E-state index >= 15 is 0 Å². The molecule has 1 amide bonds. The van der Waals surface area contributed by atoms with Gasteiger partial charge in [0.2, 0.25) is 0 Å². The van der Waals surface area contributed by atoms with E-state index < -0.39 is 0 Å². The van der Waals surface area contributed by atoms with E-state index in [1.54, 1.807) is 0 Å². The van der Waals surface area contributed by atoms with E-state index in [2.05, 4.69) is 19.5 Å². The van der Waals surface area contributed by atoms with Crippen molar-refractivity contribution in [1.82, 2.24) is 4.98 Å². The minimum atomic E-state index is -0.0935. The van der Waals surface area contributed by atoms with Crippen LogP contribution in [0.1, 0.15) is 21.6 Å². The van der Waals surface area contributed by atoms with E-state index in [4.69, 9.17) is 0 Å². The number of anilines is 1. The largest absolute Gasteiger partial charge is 0.322 e. The summed E-state index contributed by atoms with van der Waals surface area (Å²) in [7, 11) is 2.68. The van der Waals surface area contributed by atoms with Crippen LogP contribution >= 0.6 is 9.24 Å². The zero-order valence-corrected chi connectivity index (χ0v) is 14.6. The third-order valence-corrected chi connectivity index (χ3v) is 4.26. The van der Waals surface area contributed by atoms with Crippen molar-refractivity contribution < 1.29 is 4.79 Å². The number of nitrogens with zero attached hydrogens (tertiary/aromatic N) is 1. The first-order chi connectivity index (χ1) is 11.7. The summed E-state index contributed by atoms with van der Waals surface area (Å²) in [6, 6.07) is 21.3. The minimum absolute atomic E-state index is 0.0935. The van der Waals surface area contributed by atoms with Crippen LogP contribution in [-0.4, -0.2) is 10.9 Å². The van der Waals surface area contributed by atoms with Gasteiger partial charge in [-0.15, -0.1) is 9.24 Å². The summed E-state index contributed by atoms with van der Waals surface area (Å²) >= 11 is 0. The van der Waals surface area contributed by atoms with Crippen LogP contribution in [0.3, 0.4) is 0 Å². The van der Waals surface area contributed by atoms with Crippen LogP contribution in [0.15, 0.2) is 66.7 Å². The molecule has 0 fully saturated rings. The van der Waals surface area contributed by atoms with E-state index in [0.29, 0.717) is 5.56 Å². The smallest absolute Gasteiger partial charge is 0.255 e. The number of carbonyl (C=O) groups is 1. The van der Waals surface area contributed by atoms with Crippen molar-refractivity contribution >= 4 is 20.8 Å². The Labute approximate surface area is 144 Å². The third kappa shape index (κ3) is 3.69. The second-order valence-electron chi connectivity index (χ2n) is 5.56. The molecule has 0 radical (unpaired) electrons. The first-order valence-electron chi connectivity index (χ1n) is 7.81. The second-order valence-corrected chi connectivity index (χ2v) is 5.97. The van der Waals surface area contributed by atoms with Gasteiger partial charge in [-0.2, -0.15) is 0 Å². The van der Waals surface area contributed by atoms with Gasteiger partial charge in [-0.25, -0.2) is 0 Å².